The number of para-hydroxylation sites is 4. The fourth-order valence-corrected chi connectivity index (χ4v) is 4.38. The molecular formula is C32H28Br2N6O6. The number of benzene rings is 4. The molecule has 10 N–H and O–H groups in total. The first kappa shape index (κ1) is 34.9. The minimum Gasteiger partial charge on any atom is -0.505 e. The van der Waals surface area contributed by atoms with Gasteiger partial charge in [-0.3, -0.25) is 9.59 Å². The molecule has 0 atom stereocenters. The highest BCUT2D eigenvalue weighted by Gasteiger charge is 2.11. The third-order valence-electron chi connectivity index (χ3n) is 5.73. The molecular weight excluding hydrogens is 724 g/mol. The lowest BCUT2D eigenvalue weighted by Crippen LogP contribution is -2.19. The number of urea groups is 2. The van der Waals surface area contributed by atoms with Crippen LogP contribution in [0.4, 0.5) is 32.3 Å². The van der Waals surface area contributed by atoms with Crippen molar-refractivity contribution in [1.29, 1.82) is 0 Å². The maximum Gasteiger partial charge on any atom is 0.323 e. The van der Waals surface area contributed by atoms with Gasteiger partial charge in [0.15, 0.2) is 0 Å². The second kappa shape index (κ2) is 17.0. The summed E-state index contributed by atoms with van der Waals surface area (Å²) >= 11 is 6.65. The van der Waals surface area contributed by atoms with Gasteiger partial charge in [0, 0.05) is 32.2 Å². The van der Waals surface area contributed by atoms with Crippen LogP contribution in [0.5, 0.6) is 11.5 Å². The van der Waals surface area contributed by atoms with E-state index in [1.54, 1.807) is 60.7 Å². The first-order chi connectivity index (χ1) is 21.9. The number of primary amides is 2. The number of hydrogen-bond acceptors (Lipinski definition) is 6. The van der Waals surface area contributed by atoms with Gasteiger partial charge >= 0.3 is 12.1 Å². The largest absolute Gasteiger partial charge is 0.505 e. The van der Waals surface area contributed by atoms with Crippen molar-refractivity contribution in [3.05, 3.63) is 117 Å². The van der Waals surface area contributed by atoms with Crippen LogP contribution in [0.3, 0.4) is 0 Å². The van der Waals surface area contributed by atoms with Gasteiger partial charge in [-0.1, -0.05) is 48.5 Å². The Balaban J connectivity index is 0.000000250. The van der Waals surface area contributed by atoms with Crippen molar-refractivity contribution in [2.24, 2.45) is 11.5 Å². The molecule has 0 aliphatic rings. The second-order valence-corrected chi connectivity index (χ2v) is 10.8. The van der Waals surface area contributed by atoms with Gasteiger partial charge in [0.1, 0.15) is 11.5 Å². The number of anilines is 4. The summed E-state index contributed by atoms with van der Waals surface area (Å²) < 4.78 is 1.47. The van der Waals surface area contributed by atoms with Crippen molar-refractivity contribution in [2.75, 3.05) is 21.3 Å². The third-order valence-corrected chi connectivity index (χ3v) is 7.11. The number of rotatable bonds is 8. The number of hydrogen-bond donors (Lipinski definition) is 8. The Morgan fingerprint density at radius 1 is 0.522 bits per heavy atom. The number of halogens is 2. The highest BCUT2D eigenvalue weighted by atomic mass is 79.9. The minimum atomic E-state index is -0.630. The van der Waals surface area contributed by atoms with Crippen LogP contribution in [0.25, 0.3) is 12.2 Å². The van der Waals surface area contributed by atoms with Gasteiger partial charge in [-0.25, -0.2) is 9.59 Å². The molecule has 4 aromatic carbocycles. The second-order valence-electron chi connectivity index (χ2n) is 9.08. The monoisotopic (exact) mass is 750 g/mol. The van der Waals surface area contributed by atoms with E-state index < -0.39 is 23.9 Å². The average molecular weight is 752 g/mol. The Morgan fingerprint density at radius 3 is 1.20 bits per heavy atom. The van der Waals surface area contributed by atoms with Gasteiger partial charge in [0.05, 0.1) is 22.7 Å². The van der Waals surface area contributed by atoms with Crippen LogP contribution >= 0.6 is 31.9 Å². The molecule has 6 amide bonds. The molecule has 236 valence electrons. The minimum absolute atomic E-state index is 0.160. The van der Waals surface area contributed by atoms with Crippen LogP contribution in [-0.2, 0) is 9.59 Å². The van der Waals surface area contributed by atoms with E-state index in [0.29, 0.717) is 22.5 Å². The summed E-state index contributed by atoms with van der Waals surface area (Å²) in [5.74, 6) is -1.58. The standard InChI is InChI=1S/2C16H14BrN3O3/c2*17-11-5-1-2-6-12(11)19-16(23)20-13-7-3-4-10(15(13)22)8-9-14(18)21/h2*1-9,22H,(H2,18,21)(H2,19,20,23)/b2*9-8+. The normalized spacial score (nSPS) is 10.5. The molecule has 0 aliphatic heterocycles. The van der Waals surface area contributed by atoms with E-state index in [1.165, 1.54) is 24.3 Å². The van der Waals surface area contributed by atoms with Crippen LogP contribution < -0.4 is 32.7 Å². The summed E-state index contributed by atoms with van der Waals surface area (Å²) in [5, 5.41) is 30.6. The average Bonchev–Trinajstić information content (AvgIpc) is 3.00. The number of phenols is 2. The number of nitrogens with two attached hydrogens (primary N) is 2. The predicted molar refractivity (Wildman–Crippen MR) is 186 cm³/mol. The molecule has 0 bridgehead atoms. The van der Waals surface area contributed by atoms with Crippen LogP contribution in [0.1, 0.15) is 11.1 Å². The molecule has 0 radical (unpaired) electrons. The van der Waals surface area contributed by atoms with Crippen LogP contribution in [0.2, 0.25) is 0 Å². The van der Waals surface area contributed by atoms with Gasteiger partial charge in [-0.15, -0.1) is 0 Å². The lowest BCUT2D eigenvalue weighted by molar-refractivity contribution is -0.114. The van der Waals surface area contributed by atoms with Crippen molar-refractivity contribution in [3.63, 3.8) is 0 Å². The van der Waals surface area contributed by atoms with E-state index in [1.807, 2.05) is 12.1 Å². The van der Waals surface area contributed by atoms with Crippen molar-refractivity contribution in [1.82, 2.24) is 0 Å². The smallest absolute Gasteiger partial charge is 0.323 e. The number of amides is 6. The lowest BCUT2D eigenvalue weighted by Gasteiger charge is -2.11. The number of aromatic hydroxyl groups is 2. The molecule has 0 saturated carbocycles. The van der Waals surface area contributed by atoms with Gasteiger partial charge in [0.25, 0.3) is 0 Å². The molecule has 0 heterocycles. The summed E-state index contributed by atoms with van der Waals surface area (Å²) in [4.78, 5) is 45.5. The molecule has 4 rings (SSSR count). The van der Waals surface area contributed by atoms with Crippen LogP contribution in [0, 0.1) is 0 Å². The first-order valence-electron chi connectivity index (χ1n) is 13.2. The van der Waals surface area contributed by atoms with Gasteiger partial charge in [0.2, 0.25) is 11.8 Å². The topological polar surface area (TPSA) is 209 Å². The summed E-state index contributed by atoms with van der Waals surface area (Å²) in [6.07, 6.45) is 4.99. The fraction of sp³-hybridized carbons (Fsp3) is 0. The molecule has 0 saturated heterocycles. The molecule has 0 unspecified atom stereocenters. The zero-order valence-corrected chi connectivity index (χ0v) is 27.0. The summed E-state index contributed by atoms with van der Waals surface area (Å²) in [5.41, 5.74) is 12.4. The maximum atomic E-state index is 12.0. The molecule has 0 fully saturated rings. The zero-order chi connectivity index (χ0) is 33.6. The van der Waals surface area contributed by atoms with E-state index in [9.17, 15) is 29.4 Å². The Morgan fingerprint density at radius 2 is 0.848 bits per heavy atom. The molecule has 0 aromatic heterocycles. The van der Waals surface area contributed by atoms with Crippen molar-refractivity contribution in [3.8, 4) is 11.5 Å². The van der Waals surface area contributed by atoms with Gasteiger partial charge in [-0.05, 0) is 80.4 Å². The molecule has 4 aromatic rings. The zero-order valence-electron chi connectivity index (χ0n) is 23.8. The number of carbonyl (C=O) groups excluding carboxylic acids is 4. The Hall–Kier alpha value is -5.60. The fourth-order valence-electron chi connectivity index (χ4n) is 3.61. The molecule has 14 heteroatoms. The van der Waals surface area contributed by atoms with E-state index >= 15 is 0 Å². The third kappa shape index (κ3) is 10.8. The maximum absolute atomic E-state index is 12.0. The van der Waals surface area contributed by atoms with Crippen LogP contribution in [-0.4, -0.2) is 34.1 Å². The number of phenolic OH excluding ortho intramolecular Hbond substituents is 2. The van der Waals surface area contributed by atoms with E-state index in [2.05, 4.69) is 53.1 Å². The molecule has 46 heavy (non-hydrogen) atoms. The number of carbonyl (C=O) groups is 4. The van der Waals surface area contributed by atoms with Crippen molar-refractivity contribution < 1.29 is 29.4 Å². The Labute approximate surface area is 280 Å². The van der Waals surface area contributed by atoms with Crippen molar-refractivity contribution >= 4 is 90.6 Å². The van der Waals surface area contributed by atoms with Crippen molar-refractivity contribution in [2.45, 2.75) is 0 Å². The highest BCUT2D eigenvalue weighted by molar-refractivity contribution is 9.11. The SMILES string of the molecule is NC(=O)/C=C/c1cccc(NC(=O)Nc2ccccc2Br)c1O.NC(=O)/C=C/c1cccc(NC(=O)Nc2ccccc2Br)c1O. The molecule has 12 nitrogen and oxygen atoms in total. The van der Waals surface area contributed by atoms with Gasteiger partial charge in [-0.2, -0.15) is 0 Å². The predicted octanol–water partition coefficient (Wildman–Crippen LogP) is 6.59. The summed E-state index contributed by atoms with van der Waals surface area (Å²) in [6, 6.07) is 22.8. The molecule has 0 aliphatic carbocycles. The van der Waals surface area contributed by atoms with Gasteiger partial charge < -0.3 is 42.9 Å². The molecule has 0 spiro atoms. The summed E-state index contributed by atoms with van der Waals surface area (Å²) in [7, 11) is 0. The highest BCUT2D eigenvalue weighted by Crippen LogP contribution is 2.30. The lowest BCUT2D eigenvalue weighted by atomic mass is 10.1. The van der Waals surface area contributed by atoms with Crippen LogP contribution in [0.15, 0.2) is 106 Å². The van der Waals surface area contributed by atoms with E-state index in [4.69, 9.17) is 11.5 Å². The Kier molecular flexibility index (Phi) is 12.9. The quantitative estimate of drug-likeness (QED) is 0.0735. The first-order valence-corrected chi connectivity index (χ1v) is 14.8. The van der Waals surface area contributed by atoms with E-state index in [0.717, 1.165) is 21.1 Å². The summed E-state index contributed by atoms with van der Waals surface area (Å²) in [6.45, 7) is 0. The van der Waals surface area contributed by atoms with E-state index in [-0.39, 0.29) is 22.9 Å². The number of nitrogens with one attached hydrogen (secondary N) is 4. The Bertz CT molecular complexity index is 1680.